The number of fused-ring (bicyclic) bond motifs is 18. The Kier molecular flexibility index (Phi) is 5.01. The fourth-order valence-electron chi connectivity index (χ4n) is 9.49. The Morgan fingerprint density at radius 3 is 0.958 bits per heavy atom. The molecule has 8 aromatic carbocycles. The lowest BCUT2D eigenvalue weighted by molar-refractivity contribution is 0.319. The van der Waals surface area contributed by atoms with Gasteiger partial charge in [0.15, 0.2) is 0 Å². The Morgan fingerprint density at radius 1 is 0.271 bits per heavy atom. The number of para-hydroxylation sites is 4. The summed E-state index contributed by atoms with van der Waals surface area (Å²) in [5.74, 6) is 3.50. The second-order valence-corrected chi connectivity index (χ2v) is 13.1. The molecule has 2 nitrogen and oxygen atoms in total. The third-order valence-electron chi connectivity index (χ3n) is 11.1. The third-order valence-corrected chi connectivity index (χ3v) is 11.1. The third kappa shape index (κ3) is 2.95. The molecular formula is C46H28O2. The lowest BCUT2D eigenvalue weighted by Gasteiger charge is -2.59. The van der Waals surface area contributed by atoms with Crippen LogP contribution in [0, 0.1) is 0 Å². The van der Waals surface area contributed by atoms with E-state index in [1.54, 1.807) is 0 Å². The maximum Gasteiger partial charge on any atom is 0.131 e. The smallest absolute Gasteiger partial charge is 0.131 e. The van der Waals surface area contributed by atoms with Crippen molar-refractivity contribution in [3.8, 4) is 34.1 Å². The summed E-state index contributed by atoms with van der Waals surface area (Å²) in [5, 5.41) is 4.94. The van der Waals surface area contributed by atoms with Crippen molar-refractivity contribution in [2.75, 3.05) is 0 Å². The number of rotatable bonds is 0. The van der Waals surface area contributed by atoms with Gasteiger partial charge in [0.05, 0.1) is 10.8 Å². The zero-order valence-corrected chi connectivity index (χ0v) is 26.0. The van der Waals surface area contributed by atoms with E-state index < -0.39 is 10.8 Å². The number of ether oxygens (including phenoxy) is 2. The number of benzene rings is 8. The molecule has 0 amide bonds. The molecule has 224 valence electrons. The molecule has 3 aliphatic rings. The molecule has 11 rings (SSSR count). The second kappa shape index (κ2) is 9.24. The predicted octanol–water partition coefficient (Wildman–Crippen LogP) is 11.6. The summed E-state index contributed by atoms with van der Waals surface area (Å²) >= 11 is 0. The van der Waals surface area contributed by atoms with E-state index in [2.05, 4.69) is 170 Å². The van der Waals surface area contributed by atoms with Crippen molar-refractivity contribution in [1.82, 2.24) is 0 Å². The fraction of sp³-hybridized carbons (Fsp3) is 0.0435. The van der Waals surface area contributed by atoms with E-state index >= 15 is 0 Å². The minimum Gasteiger partial charge on any atom is -0.457 e. The van der Waals surface area contributed by atoms with Crippen molar-refractivity contribution in [3.63, 3.8) is 0 Å². The van der Waals surface area contributed by atoms with Crippen LogP contribution in [0.25, 0.3) is 32.7 Å². The van der Waals surface area contributed by atoms with Crippen LogP contribution >= 0.6 is 0 Å². The summed E-state index contributed by atoms with van der Waals surface area (Å²) in [6.07, 6.45) is 0. The average Bonchev–Trinajstić information content (AvgIpc) is 3.15. The van der Waals surface area contributed by atoms with Gasteiger partial charge in [-0.1, -0.05) is 146 Å². The SMILES string of the molecule is c1ccc2c(c1)Oc1ccccc1C21c2ccc3ccccc3c2-c2c(ccc3ccccc23)C12c1ccccc1Oc1ccccc12. The fourth-order valence-corrected chi connectivity index (χ4v) is 9.49. The quantitative estimate of drug-likeness (QED) is 0.170. The first-order valence-electron chi connectivity index (χ1n) is 16.6. The van der Waals surface area contributed by atoms with Gasteiger partial charge in [-0.2, -0.15) is 0 Å². The molecule has 0 saturated carbocycles. The summed E-state index contributed by atoms with van der Waals surface area (Å²) in [5.41, 5.74) is 8.16. The molecule has 0 atom stereocenters. The minimum absolute atomic E-state index is 0.747. The van der Waals surface area contributed by atoms with Gasteiger partial charge in [0.25, 0.3) is 0 Å². The molecular weight excluding hydrogens is 585 g/mol. The van der Waals surface area contributed by atoms with Crippen LogP contribution < -0.4 is 9.47 Å². The van der Waals surface area contributed by atoms with Crippen LogP contribution in [0.4, 0.5) is 0 Å². The summed E-state index contributed by atoms with van der Waals surface area (Å²) in [6, 6.07) is 61.9. The minimum atomic E-state index is -0.747. The maximum absolute atomic E-state index is 6.84. The Balaban J connectivity index is 1.51. The van der Waals surface area contributed by atoms with Crippen LogP contribution in [0.3, 0.4) is 0 Å². The van der Waals surface area contributed by atoms with E-state index in [-0.39, 0.29) is 0 Å². The van der Waals surface area contributed by atoms with Gasteiger partial charge in [0, 0.05) is 22.3 Å². The summed E-state index contributed by atoms with van der Waals surface area (Å²) in [6.45, 7) is 0. The van der Waals surface area contributed by atoms with E-state index in [1.165, 1.54) is 43.8 Å². The molecule has 0 saturated heterocycles. The Hall–Kier alpha value is -6.12. The normalized spacial score (nSPS) is 15.3. The monoisotopic (exact) mass is 612 g/mol. The molecule has 1 aliphatic carbocycles. The van der Waals surface area contributed by atoms with Crippen molar-refractivity contribution in [1.29, 1.82) is 0 Å². The van der Waals surface area contributed by atoms with E-state index in [1.807, 2.05) is 0 Å². The Morgan fingerprint density at radius 2 is 0.583 bits per heavy atom. The molecule has 0 N–H and O–H groups in total. The van der Waals surface area contributed by atoms with Crippen LogP contribution in [0.2, 0.25) is 0 Å². The van der Waals surface area contributed by atoms with Crippen LogP contribution in [-0.2, 0) is 10.8 Å². The highest BCUT2D eigenvalue weighted by atomic mass is 16.5. The van der Waals surface area contributed by atoms with Gasteiger partial charge in [-0.15, -0.1) is 0 Å². The van der Waals surface area contributed by atoms with Gasteiger partial charge in [-0.25, -0.2) is 0 Å². The van der Waals surface area contributed by atoms with Gasteiger partial charge in [0.1, 0.15) is 23.0 Å². The van der Waals surface area contributed by atoms with Crippen molar-refractivity contribution < 1.29 is 9.47 Å². The first kappa shape index (κ1) is 26.0. The summed E-state index contributed by atoms with van der Waals surface area (Å²) in [7, 11) is 0. The Labute approximate surface area is 278 Å². The standard InChI is InChI=1S/C46H28O2/c1-3-15-31-29(13-1)25-27-37-43(31)44-32-16-4-2-14-30(32)26-28-38(44)46(35-19-7-11-23-41(35)48-42-24-12-8-20-36(42)46)45(37)33-17-5-9-21-39(33)47-40-22-10-6-18-34(40)45/h1-28H. The van der Waals surface area contributed by atoms with Gasteiger partial charge in [-0.3, -0.25) is 0 Å². The van der Waals surface area contributed by atoms with Crippen LogP contribution in [0.15, 0.2) is 170 Å². The molecule has 2 heteroatoms. The van der Waals surface area contributed by atoms with Gasteiger partial charge in [0.2, 0.25) is 0 Å². The zero-order chi connectivity index (χ0) is 31.5. The predicted molar refractivity (Wildman–Crippen MR) is 193 cm³/mol. The van der Waals surface area contributed by atoms with E-state index in [0.29, 0.717) is 0 Å². The average molecular weight is 613 g/mol. The maximum atomic E-state index is 6.84. The highest BCUT2D eigenvalue weighted by Gasteiger charge is 2.66. The molecule has 48 heavy (non-hydrogen) atoms. The molecule has 2 spiro atoms. The van der Waals surface area contributed by atoms with E-state index in [4.69, 9.17) is 9.47 Å². The zero-order valence-electron chi connectivity index (χ0n) is 26.0. The van der Waals surface area contributed by atoms with Crippen LogP contribution in [-0.4, -0.2) is 0 Å². The summed E-state index contributed by atoms with van der Waals surface area (Å²) < 4.78 is 13.7. The van der Waals surface area contributed by atoms with Gasteiger partial charge in [-0.05, 0) is 68.1 Å². The highest BCUT2D eigenvalue weighted by molar-refractivity contribution is 6.11. The van der Waals surface area contributed by atoms with E-state index in [0.717, 1.165) is 45.3 Å². The molecule has 0 radical (unpaired) electrons. The summed E-state index contributed by atoms with van der Waals surface area (Å²) in [4.78, 5) is 0. The highest BCUT2D eigenvalue weighted by Crippen LogP contribution is 2.73. The molecule has 0 aromatic heterocycles. The molecule has 2 heterocycles. The van der Waals surface area contributed by atoms with Crippen molar-refractivity contribution >= 4 is 21.5 Å². The van der Waals surface area contributed by atoms with Crippen molar-refractivity contribution in [2.45, 2.75) is 10.8 Å². The molecule has 0 unspecified atom stereocenters. The van der Waals surface area contributed by atoms with Crippen LogP contribution in [0.1, 0.15) is 33.4 Å². The van der Waals surface area contributed by atoms with E-state index in [9.17, 15) is 0 Å². The lowest BCUT2D eigenvalue weighted by Crippen LogP contribution is -2.56. The molecule has 0 fully saturated rings. The van der Waals surface area contributed by atoms with Gasteiger partial charge >= 0.3 is 0 Å². The number of hydrogen-bond donors (Lipinski definition) is 0. The molecule has 8 aromatic rings. The van der Waals surface area contributed by atoms with Crippen LogP contribution in [0.5, 0.6) is 23.0 Å². The first-order valence-corrected chi connectivity index (χ1v) is 16.6. The van der Waals surface area contributed by atoms with Gasteiger partial charge < -0.3 is 9.47 Å². The lowest BCUT2D eigenvalue weighted by atomic mass is 9.42. The molecule has 0 bridgehead atoms. The second-order valence-electron chi connectivity index (χ2n) is 13.1. The van der Waals surface area contributed by atoms with Crippen molar-refractivity contribution in [2.24, 2.45) is 0 Å². The topological polar surface area (TPSA) is 18.5 Å². The molecule has 2 aliphatic heterocycles. The van der Waals surface area contributed by atoms with Crippen molar-refractivity contribution in [3.05, 3.63) is 203 Å². The first-order chi connectivity index (χ1) is 23.8. The number of hydrogen-bond acceptors (Lipinski definition) is 2. The Bertz CT molecular complexity index is 2370. The largest absolute Gasteiger partial charge is 0.457 e.